The molecular weight excluding hydrogens is 324 g/mol. The molecule has 0 atom stereocenters. The minimum atomic E-state index is -0.392. The minimum Gasteiger partial charge on any atom is -0.504 e. The minimum absolute atomic E-state index is 0.0106. The molecule has 0 aliphatic carbocycles. The Morgan fingerprint density at radius 1 is 1.12 bits per heavy atom. The molecule has 2 N–H and O–H groups in total. The summed E-state index contributed by atoms with van der Waals surface area (Å²) in [7, 11) is 0. The van der Waals surface area contributed by atoms with E-state index in [1.807, 2.05) is 0 Å². The van der Waals surface area contributed by atoms with Crippen LogP contribution in [0.2, 0.25) is 0 Å². The lowest BCUT2D eigenvalue weighted by Crippen LogP contribution is -2.14. The second-order valence-electron chi connectivity index (χ2n) is 5.55. The maximum absolute atomic E-state index is 12.3. The fourth-order valence-electron chi connectivity index (χ4n) is 2.40. The zero-order valence-electron chi connectivity index (χ0n) is 13.5. The average molecular weight is 342 g/mol. The number of carbonyl (C=O) groups excluding carboxylic acids is 2. The molecule has 1 aliphatic heterocycles. The van der Waals surface area contributed by atoms with E-state index < -0.39 is 5.91 Å². The highest BCUT2D eigenvalue weighted by Gasteiger charge is 2.15. The number of carbonyl (C=O) groups is 2. The molecule has 2 aromatic rings. The number of pyridine rings is 1. The smallest absolute Gasteiger partial charge is 0.226 e. The standard InChI is InChI=1S/C18H18N2O5/c21-13(5-7-17(23)20-18-14(22)3-1-8-19-18)12-4-6-15-16(11-12)25-10-2-9-24-15/h1,3-4,6,8,11,22H,2,5,7,9-10H2,(H,19,20,23). The number of rotatable bonds is 5. The number of aromatic hydroxyl groups is 1. The maximum atomic E-state index is 12.3. The largest absolute Gasteiger partial charge is 0.504 e. The number of hydrogen-bond acceptors (Lipinski definition) is 6. The van der Waals surface area contributed by atoms with E-state index in [0.717, 1.165) is 6.42 Å². The van der Waals surface area contributed by atoms with Crippen LogP contribution in [0.25, 0.3) is 0 Å². The van der Waals surface area contributed by atoms with Crippen molar-refractivity contribution in [2.75, 3.05) is 18.5 Å². The van der Waals surface area contributed by atoms with Crippen LogP contribution < -0.4 is 14.8 Å². The Labute approximate surface area is 144 Å². The van der Waals surface area contributed by atoms with E-state index in [9.17, 15) is 14.7 Å². The van der Waals surface area contributed by atoms with Crippen molar-refractivity contribution in [3.05, 3.63) is 42.1 Å². The molecule has 25 heavy (non-hydrogen) atoms. The summed E-state index contributed by atoms with van der Waals surface area (Å²) in [5.41, 5.74) is 0.470. The Hall–Kier alpha value is -3.09. The molecule has 1 aromatic carbocycles. The third-order valence-corrected chi connectivity index (χ3v) is 3.69. The average Bonchev–Trinajstić information content (AvgIpc) is 2.86. The van der Waals surface area contributed by atoms with Crippen LogP contribution in [-0.2, 0) is 4.79 Å². The van der Waals surface area contributed by atoms with E-state index in [2.05, 4.69) is 10.3 Å². The van der Waals surface area contributed by atoms with Crippen LogP contribution in [0.4, 0.5) is 5.82 Å². The van der Waals surface area contributed by atoms with E-state index in [1.165, 1.54) is 12.3 Å². The monoisotopic (exact) mass is 342 g/mol. The van der Waals surface area contributed by atoms with E-state index in [0.29, 0.717) is 30.3 Å². The third-order valence-electron chi connectivity index (χ3n) is 3.69. The Balaban J connectivity index is 1.58. The maximum Gasteiger partial charge on any atom is 0.226 e. The zero-order chi connectivity index (χ0) is 17.6. The lowest BCUT2D eigenvalue weighted by atomic mass is 10.1. The van der Waals surface area contributed by atoms with Gasteiger partial charge in [0.25, 0.3) is 0 Å². The van der Waals surface area contributed by atoms with E-state index in [1.54, 1.807) is 24.3 Å². The molecule has 130 valence electrons. The molecule has 3 rings (SSSR count). The number of Topliss-reactive ketones (excluding diaryl/α,β-unsaturated/α-hetero) is 1. The zero-order valence-corrected chi connectivity index (χ0v) is 13.5. The summed E-state index contributed by atoms with van der Waals surface area (Å²) in [4.78, 5) is 28.1. The van der Waals surface area contributed by atoms with Gasteiger partial charge in [0.15, 0.2) is 28.8 Å². The van der Waals surface area contributed by atoms with Gasteiger partial charge in [0.1, 0.15) is 0 Å². The number of aromatic nitrogens is 1. The van der Waals surface area contributed by atoms with Crippen molar-refractivity contribution < 1.29 is 24.2 Å². The van der Waals surface area contributed by atoms with Gasteiger partial charge in [-0.1, -0.05) is 0 Å². The van der Waals surface area contributed by atoms with Crippen molar-refractivity contribution in [1.82, 2.24) is 4.98 Å². The topological polar surface area (TPSA) is 97.8 Å². The molecule has 0 radical (unpaired) electrons. The lowest BCUT2D eigenvalue weighted by Gasteiger charge is -2.09. The summed E-state index contributed by atoms with van der Waals surface area (Å²) in [6.45, 7) is 1.13. The SMILES string of the molecule is O=C(CCC(=O)c1ccc2c(c1)OCCCO2)Nc1ncccc1O. The van der Waals surface area contributed by atoms with E-state index >= 15 is 0 Å². The van der Waals surface area contributed by atoms with Gasteiger partial charge in [-0.3, -0.25) is 9.59 Å². The summed E-state index contributed by atoms with van der Waals surface area (Å²) in [6.07, 6.45) is 2.28. The molecule has 0 bridgehead atoms. The first-order valence-corrected chi connectivity index (χ1v) is 8.00. The van der Waals surface area contributed by atoms with Crippen LogP contribution in [0.1, 0.15) is 29.6 Å². The Kier molecular flexibility index (Phi) is 5.13. The predicted molar refractivity (Wildman–Crippen MR) is 90.1 cm³/mol. The van der Waals surface area contributed by atoms with Gasteiger partial charge in [-0.15, -0.1) is 0 Å². The summed E-state index contributed by atoms with van der Waals surface area (Å²) >= 11 is 0. The molecule has 0 unspecified atom stereocenters. The van der Waals surface area contributed by atoms with E-state index in [4.69, 9.17) is 9.47 Å². The highest BCUT2D eigenvalue weighted by Crippen LogP contribution is 2.30. The number of benzene rings is 1. The van der Waals surface area contributed by atoms with Gasteiger partial charge in [0.05, 0.1) is 13.2 Å². The lowest BCUT2D eigenvalue weighted by molar-refractivity contribution is -0.116. The number of ether oxygens (including phenoxy) is 2. The third kappa shape index (κ3) is 4.26. The molecule has 2 heterocycles. The Morgan fingerprint density at radius 3 is 2.72 bits per heavy atom. The fraction of sp³-hybridized carbons (Fsp3) is 0.278. The molecule has 0 saturated carbocycles. The van der Waals surface area contributed by atoms with Crippen molar-refractivity contribution in [2.24, 2.45) is 0 Å². The van der Waals surface area contributed by atoms with Crippen molar-refractivity contribution in [1.29, 1.82) is 0 Å². The Bertz CT molecular complexity index is 791. The number of ketones is 1. The number of anilines is 1. The molecule has 1 amide bonds. The molecule has 7 nitrogen and oxygen atoms in total. The molecule has 0 fully saturated rings. The van der Waals surface area contributed by atoms with Gasteiger partial charge >= 0.3 is 0 Å². The van der Waals surface area contributed by atoms with Gasteiger partial charge < -0.3 is 19.9 Å². The molecule has 0 spiro atoms. The van der Waals surface area contributed by atoms with Crippen LogP contribution in [0, 0.1) is 0 Å². The second-order valence-corrected chi connectivity index (χ2v) is 5.55. The van der Waals surface area contributed by atoms with Crippen LogP contribution in [0.5, 0.6) is 17.2 Å². The second kappa shape index (κ2) is 7.65. The Morgan fingerprint density at radius 2 is 1.92 bits per heavy atom. The summed E-state index contributed by atoms with van der Waals surface area (Å²) in [6, 6.07) is 7.99. The number of hydrogen-bond donors (Lipinski definition) is 2. The number of amides is 1. The van der Waals surface area contributed by atoms with Gasteiger partial charge in [-0.05, 0) is 30.3 Å². The predicted octanol–water partition coefficient (Wildman–Crippen LogP) is 2.55. The van der Waals surface area contributed by atoms with Gasteiger partial charge in [0.2, 0.25) is 5.91 Å². The molecular formula is C18H18N2O5. The number of nitrogens with one attached hydrogen (secondary N) is 1. The summed E-state index contributed by atoms with van der Waals surface area (Å²) in [5, 5.41) is 12.1. The normalized spacial score (nSPS) is 13.0. The number of fused-ring (bicyclic) bond motifs is 1. The highest BCUT2D eigenvalue weighted by atomic mass is 16.5. The molecule has 1 aliphatic rings. The first kappa shape index (κ1) is 16.8. The van der Waals surface area contributed by atoms with Crippen molar-refractivity contribution in [3.8, 4) is 17.2 Å². The quantitative estimate of drug-likeness (QED) is 0.811. The first-order chi connectivity index (χ1) is 12.1. The number of nitrogens with zero attached hydrogens (tertiary/aromatic N) is 1. The summed E-state index contributed by atoms with van der Waals surface area (Å²) in [5.74, 6) is 0.567. The van der Waals surface area contributed by atoms with Crippen molar-refractivity contribution >= 4 is 17.5 Å². The van der Waals surface area contributed by atoms with Crippen LogP contribution in [-0.4, -0.2) is 35.0 Å². The van der Waals surface area contributed by atoms with Gasteiger partial charge in [-0.25, -0.2) is 4.98 Å². The summed E-state index contributed by atoms with van der Waals surface area (Å²) < 4.78 is 11.1. The van der Waals surface area contributed by atoms with Gasteiger partial charge in [-0.2, -0.15) is 0 Å². The van der Waals surface area contributed by atoms with Crippen molar-refractivity contribution in [3.63, 3.8) is 0 Å². The molecule has 1 aromatic heterocycles. The van der Waals surface area contributed by atoms with Gasteiger partial charge in [0, 0.05) is 31.0 Å². The van der Waals surface area contributed by atoms with Crippen LogP contribution in [0.3, 0.4) is 0 Å². The van der Waals surface area contributed by atoms with E-state index in [-0.39, 0.29) is 30.2 Å². The highest BCUT2D eigenvalue weighted by molar-refractivity contribution is 6.00. The van der Waals surface area contributed by atoms with Crippen molar-refractivity contribution in [2.45, 2.75) is 19.3 Å². The van der Waals surface area contributed by atoms with Crippen LogP contribution >= 0.6 is 0 Å². The van der Waals surface area contributed by atoms with Crippen LogP contribution in [0.15, 0.2) is 36.5 Å². The molecule has 7 heteroatoms. The first-order valence-electron chi connectivity index (χ1n) is 8.00. The fourth-order valence-corrected chi connectivity index (χ4v) is 2.40. The molecule has 0 saturated heterocycles.